The summed E-state index contributed by atoms with van der Waals surface area (Å²) in [4.78, 5) is 14.7. The van der Waals surface area contributed by atoms with Crippen molar-refractivity contribution in [2.45, 2.75) is 12.5 Å². The molecule has 1 aliphatic rings. The lowest BCUT2D eigenvalue weighted by Gasteiger charge is -2.38. The molecule has 0 bridgehead atoms. The summed E-state index contributed by atoms with van der Waals surface area (Å²) in [5.41, 5.74) is 2.22. The second-order valence-electron chi connectivity index (χ2n) is 6.47. The van der Waals surface area contributed by atoms with E-state index in [9.17, 15) is 13.6 Å². The summed E-state index contributed by atoms with van der Waals surface area (Å²) >= 11 is 6.42. The van der Waals surface area contributed by atoms with Gasteiger partial charge in [0.1, 0.15) is 17.2 Å². The molecule has 3 aromatic rings. The summed E-state index contributed by atoms with van der Waals surface area (Å²) in [5, 5.41) is 0.506. The van der Waals surface area contributed by atoms with Crippen LogP contribution in [0.2, 0.25) is 5.02 Å². The van der Waals surface area contributed by atoms with Gasteiger partial charge in [-0.1, -0.05) is 60.1 Å². The van der Waals surface area contributed by atoms with Gasteiger partial charge in [0.25, 0.3) is 5.91 Å². The first-order valence-electron chi connectivity index (χ1n) is 8.65. The van der Waals surface area contributed by atoms with Crippen LogP contribution in [-0.4, -0.2) is 17.4 Å². The van der Waals surface area contributed by atoms with Gasteiger partial charge in [-0.05, 0) is 41.3 Å². The number of hydrogen-bond acceptors (Lipinski definition) is 1. The lowest BCUT2D eigenvalue weighted by atomic mass is 9.87. The zero-order valence-corrected chi connectivity index (χ0v) is 15.1. The highest BCUT2D eigenvalue weighted by Gasteiger charge is 2.35. The molecule has 1 aliphatic heterocycles. The van der Waals surface area contributed by atoms with Crippen molar-refractivity contribution in [3.05, 3.63) is 106 Å². The quantitative estimate of drug-likeness (QED) is 0.579. The Bertz CT molecular complexity index is 1000. The summed E-state index contributed by atoms with van der Waals surface area (Å²) in [6.07, 6.45) is 0.610. The molecule has 0 radical (unpaired) electrons. The molecule has 3 aromatic carbocycles. The Hall–Kier alpha value is -2.72. The molecule has 5 heteroatoms. The largest absolute Gasteiger partial charge is 0.327 e. The Morgan fingerprint density at radius 2 is 1.52 bits per heavy atom. The van der Waals surface area contributed by atoms with Crippen molar-refractivity contribution in [2.24, 2.45) is 0 Å². The number of carbonyl (C=O) groups excluding carboxylic acids is 1. The zero-order chi connectivity index (χ0) is 19.0. The predicted molar refractivity (Wildman–Crippen MR) is 101 cm³/mol. The number of nitrogens with zero attached hydrogens (tertiary/aromatic N) is 1. The highest BCUT2D eigenvalue weighted by molar-refractivity contribution is 6.31. The lowest BCUT2D eigenvalue weighted by Crippen LogP contribution is -2.41. The Morgan fingerprint density at radius 1 is 0.889 bits per heavy atom. The first-order chi connectivity index (χ1) is 13.1. The van der Waals surface area contributed by atoms with E-state index < -0.39 is 29.1 Å². The van der Waals surface area contributed by atoms with Gasteiger partial charge < -0.3 is 4.90 Å². The minimum Gasteiger partial charge on any atom is -0.327 e. The standard InChI is InChI=1S/C22H16ClF2NO/c23-17-9-4-3-8-16(17)21-15-7-2-1-6-14(15)12-13-26(21)22(27)20-18(24)10-5-11-19(20)25/h1-11,21H,12-13H2. The van der Waals surface area contributed by atoms with Crippen molar-refractivity contribution in [3.63, 3.8) is 0 Å². The number of fused-ring (bicyclic) bond motifs is 1. The van der Waals surface area contributed by atoms with Gasteiger partial charge in [-0.15, -0.1) is 0 Å². The molecule has 1 atom stereocenters. The third-order valence-corrected chi connectivity index (χ3v) is 5.26. The maximum absolute atomic E-state index is 14.2. The third kappa shape index (κ3) is 3.10. The molecule has 0 fully saturated rings. The molecule has 27 heavy (non-hydrogen) atoms. The van der Waals surface area contributed by atoms with Gasteiger partial charge in [0.05, 0.1) is 6.04 Å². The van der Waals surface area contributed by atoms with Crippen molar-refractivity contribution in [3.8, 4) is 0 Å². The monoisotopic (exact) mass is 383 g/mol. The van der Waals surface area contributed by atoms with Gasteiger partial charge in [-0.2, -0.15) is 0 Å². The van der Waals surface area contributed by atoms with Gasteiger partial charge in [0.2, 0.25) is 0 Å². The number of rotatable bonds is 2. The number of halogens is 3. The van der Waals surface area contributed by atoms with Crippen LogP contribution in [0.5, 0.6) is 0 Å². The maximum Gasteiger partial charge on any atom is 0.260 e. The summed E-state index contributed by atoms with van der Waals surface area (Å²) in [7, 11) is 0. The van der Waals surface area contributed by atoms with E-state index >= 15 is 0 Å². The molecule has 0 spiro atoms. The second-order valence-corrected chi connectivity index (χ2v) is 6.88. The van der Waals surface area contributed by atoms with E-state index in [4.69, 9.17) is 11.6 Å². The highest BCUT2D eigenvalue weighted by Crippen LogP contribution is 2.39. The molecule has 1 heterocycles. The average Bonchev–Trinajstić information content (AvgIpc) is 2.67. The molecule has 0 aliphatic carbocycles. The minimum atomic E-state index is -0.864. The van der Waals surface area contributed by atoms with Gasteiger partial charge in [0.15, 0.2) is 0 Å². The fourth-order valence-electron chi connectivity index (χ4n) is 3.66. The van der Waals surface area contributed by atoms with Crippen molar-refractivity contribution in [2.75, 3.05) is 6.54 Å². The minimum absolute atomic E-state index is 0.347. The Kier molecular flexibility index (Phi) is 4.66. The summed E-state index contributed by atoms with van der Waals surface area (Å²) in [6, 6.07) is 17.9. The van der Waals surface area contributed by atoms with E-state index in [0.717, 1.165) is 28.8 Å². The van der Waals surface area contributed by atoms with Gasteiger partial charge in [-0.25, -0.2) is 8.78 Å². The molecule has 1 unspecified atom stereocenters. The smallest absolute Gasteiger partial charge is 0.260 e. The van der Waals surface area contributed by atoms with E-state index in [0.29, 0.717) is 18.0 Å². The Balaban J connectivity index is 1.87. The summed E-state index contributed by atoms with van der Waals surface area (Å²) < 4.78 is 28.5. The van der Waals surface area contributed by atoms with Crippen molar-refractivity contribution in [1.29, 1.82) is 0 Å². The van der Waals surface area contributed by atoms with E-state index in [-0.39, 0.29) is 0 Å². The molecule has 136 valence electrons. The van der Waals surface area contributed by atoms with Gasteiger partial charge in [0, 0.05) is 11.6 Å². The molecule has 0 saturated carbocycles. The fourth-order valence-corrected chi connectivity index (χ4v) is 3.90. The normalized spacial score (nSPS) is 16.1. The Labute approximate surface area is 161 Å². The van der Waals surface area contributed by atoms with Crippen LogP contribution < -0.4 is 0 Å². The molecule has 0 saturated heterocycles. The first-order valence-corrected chi connectivity index (χ1v) is 9.03. The molecule has 1 amide bonds. The van der Waals surface area contributed by atoms with Crippen LogP contribution >= 0.6 is 11.6 Å². The van der Waals surface area contributed by atoms with Crippen LogP contribution in [0.1, 0.15) is 33.1 Å². The van der Waals surface area contributed by atoms with E-state index in [1.54, 1.807) is 6.07 Å². The van der Waals surface area contributed by atoms with E-state index in [2.05, 4.69) is 0 Å². The van der Waals surface area contributed by atoms with Crippen LogP contribution in [0.15, 0.2) is 66.7 Å². The molecule has 0 N–H and O–H groups in total. The van der Waals surface area contributed by atoms with Crippen LogP contribution in [0.3, 0.4) is 0 Å². The third-order valence-electron chi connectivity index (χ3n) is 4.92. The SMILES string of the molecule is O=C(c1c(F)cccc1F)N1CCc2ccccc2C1c1ccccc1Cl. The average molecular weight is 384 g/mol. The maximum atomic E-state index is 14.2. The number of amides is 1. The summed E-state index contributed by atoms with van der Waals surface area (Å²) in [6.45, 7) is 0.347. The van der Waals surface area contributed by atoms with Crippen LogP contribution in [-0.2, 0) is 6.42 Å². The van der Waals surface area contributed by atoms with Crippen molar-refractivity contribution >= 4 is 17.5 Å². The molecular formula is C22H16ClF2NO. The van der Waals surface area contributed by atoms with Gasteiger partial charge in [-0.3, -0.25) is 4.79 Å². The van der Waals surface area contributed by atoms with Gasteiger partial charge >= 0.3 is 0 Å². The molecule has 0 aromatic heterocycles. The lowest BCUT2D eigenvalue weighted by molar-refractivity contribution is 0.0684. The number of benzene rings is 3. The molecule has 4 rings (SSSR count). The summed E-state index contributed by atoms with van der Waals surface area (Å²) in [5.74, 6) is -2.40. The number of hydrogen-bond donors (Lipinski definition) is 0. The predicted octanol–water partition coefficient (Wildman–Crippen LogP) is 5.41. The second kappa shape index (κ2) is 7.12. The molecular weight excluding hydrogens is 368 g/mol. The topological polar surface area (TPSA) is 20.3 Å². The van der Waals surface area contributed by atoms with Crippen LogP contribution in [0.25, 0.3) is 0 Å². The zero-order valence-electron chi connectivity index (χ0n) is 14.3. The van der Waals surface area contributed by atoms with E-state index in [1.165, 1.54) is 11.0 Å². The van der Waals surface area contributed by atoms with Crippen LogP contribution in [0, 0.1) is 11.6 Å². The first kappa shape index (κ1) is 17.7. The van der Waals surface area contributed by atoms with Crippen molar-refractivity contribution in [1.82, 2.24) is 4.90 Å². The Morgan fingerprint density at radius 3 is 2.22 bits per heavy atom. The fraction of sp³-hybridized carbons (Fsp3) is 0.136. The van der Waals surface area contributed by atoms with E-state index in [1.807, 2.05) is 42.5 Å². The highest BCUT2D eigenvalue weighted by atomic mass is 35.5. The van der Waals surface area contributed by atoms with Crippen LogP contribution in [0.4, 0.5) is 8.78 Å². The molecule has 2 nitrogen and oxygen atoms in total. The van der Waals surface area contributed by atoms with Crippen molar-refractivity contribution < 1.29 is 13.6 Å². The number of carbonyl (C=O) groups is 1.